The first-order chi connectivity index (χ1) is 8.61. The molecule has 1 aliphatic rings. The molecule has 5 heteroatoms. The summed E-state index contributed by atoms with van der Waals surface area (Å²) in [5, 5.41) is 12.7. The lowest BCUT2D eigenvalue weighted by Crippen LogP contribution is -2.34. The van der Waals surface area contributed by atoms with Crippen LogP contribution in [0.4, 0.5) is 5.69 Å². The van der Waals surface area contributed by atoms with E-state index in [9.17, 15) is 9.90 Å². The average molecular weight is 250 g/mol. The van der Waals surface area contributed by atoms with E-state index in [-0.39, 0.29) is 5.91 Å². The van der Waals surface area contributed by atoms with Crippen LogP contribution in [0.15, 0.2) is 18.2 Å². The van der Waals surface area contributed by atoms with E-state index in [1.165, 1.54) is 0 Å². The number of carbonyl (C=O) groups excluding carboxylic acids is 1. The average Bonchev–Trinajstić information content (AvgIpc) is 2.36. The van der Waals surface area contributed by atoms with Crippen molar-refractivity contribution in [2.75, 3.05) is 11.9 Å². The lowest BCUT2D eigenvalue weighted by Gasteiger charge is -2.24. The first-order valence-corrected chi connectivity index (χ1v) is 6.11. The molecule has 1 amide bonds. The van der Waals surface area contributed by atoms with Gasteiger partial charge in [-0.2, -0.15) is 0 Å². The molecule has 0 spiro atoms. The Morgan fingerprint density at radius 2 is 2.33 bits per heavy atom. The fourth-order valence-corrected chi connectivity index (χ4v) is 1.91. The van der Waals surface area contributed by atoms with Gasteiger partial charge in [0.2, 0.25) is 0 Å². The molecule has 1 aromatic rings. The van der Waals surface area contributed by atoms with Gasteiger partial charge < -0.3 is 20.9 Å². The van der Waals surface area contributed by atoms with Gasteiger partial charge in [-0.15, -0.1) is 0 Å². The van der Waals surface area contributed by atoms with Crippen LogP contribution < -0.4 is 15.8 Å². The van der Waals surface area contributed by atoms with Crippen LogP contribution in [0, 0.1) is 0 Å². The van der Waals surface area contributed by atoms with Gasteiger partial charge in [0.15, 0.2) is 6.10 Å². The SMILES string of the molecule is CC1Oc2ccc(C(O)CCCN)cc2NC1=O. The molecule has 5 nitrogen and oxygen atoms in total. The number of benzene rings is 1. The summed E-state index contributed by atoms with van der Waals surface area (Å²) in [5.41, 5.74) is 6.79. The number of hydrogen-bond donors (Lipinski definition) is 3. The second-order valence-electron chi connectivity index (χ2n) is 4.45. The maximum Gasteiger partial charge on any atom is 0.265 e. The van der Waals surface area contributed by atoms with Crippen LogP contribution >= 0.6 is 0 Å². The van der Waals surface area contributed by atoms with Crippen molar-refractivity contribution < 1.29 is 14.6 Å². The number of carbonyl (C=O) groups is 1. The Morgan fingerprint density at radius 3 is 3.06 bits per heavy atom. The van der Waals surface area contributed by atoms with E-state index in [1.54, 1.807) is 19.1 Å². The Kier molecular flexibility index (Phi) is 3.84. The van der Waals surface area contributed by atoms with Crippen molar-refractivity contribution in [1.82, 2.24) is 0 Å². The maximum atomic E-state index is 11.5. The monoisotopic (exact) mass is 250 g/mol. The minimum absolute atomic E-state index is 0.170. The summed E-state index contributed by atoms with van der Waals surface area (Å²) in [4.78, 5) is 11.5. The van der Waals surface area contributed by atoms with E-state index in [0.717, 1.165) is 12.0 Å². The molecular formula is C13H18N2O3. The molecule has 1 aromatic carbocycles. The number of anilines is 1. The molecule has 0 saturated carbocycles. The molecule has 2 unspecified atom stereocenters. The number of amides is 1. The van der Waals surface area contributed by atoms with Gasteiger partial charge in [-0.3, -0.25) is 4.79 Å². The minimum Gasteiger partial charge on any atom is -0.479 e. The molecule has 0 bridgehead atoms. The van der Waals surface area contributed by atoms with E-state index < -0.39 is 12.2 Å². The third kappa shape index (κ3) is 2.63. The normalized spacial score (nSPS) is 19.7. The zero-order chi connectivity index (χ0) is 13.1. The molecule has 0 aromatic heterocycles. The Labute approximate surface area is 106 Å². The van der Waals surface area contributed by atoms with Crippen molar-refractivity contribution in [3.63, 3.8) is 0 Å². The van der Waals surface area contributed by atoms with Crippen molar-refractivity contribution in [1.29, 1.82) is 0 Å². The predicted octanol–water partition coefficient (Wildman–Crippen LogP) is 1.18. The van der Waals surface area contributed by atoms with Gasteiger partial charge in [-0.25, -0.2) is 0 Å². The molecule has 18 heavy (non-hydrogen) atoms. The van der Waals surface area contributed by atoms with Gasteiger partial charge in [0.25, 0.3) is 5.91 Å². The van der Waals surface area contributed by atoms with Crippen molar-refractivity contribution in [3.05, 3.63) is 23.8 Å². The Balaban J connectivity index is 2.17. The van der Waals surface area contributed by atoms with Crippen molar-refractivity contribution >= 4 is 11.6 Å². The molecule has 0 saturated heterocycles. The highest BCUT2D eigenvalue weighted by Gasteiger charge is 2.24. The molecule has 4 N–H and O–H groups in total. The van der Waals surface area contributed by atoms with Crippen LogP contribution in [-0.4, -0.2) is 23.7 Å². The third-order valence-electron chi connectivity index (χ3n) is 3.00. The van der Waals surface area contributed by atoms with E-state index in [0.29, 0.717) is 24.4 Å². The van der Waals surface area contributed by atoms with E-state index >= 15 is 0 Å². The Morgan fingerprint density at radius 1 is 1.56 bits per heavy atom. The van der Waals surface area contributed by atoms with Crippen molar-refractivity contribution in [2.24, 2.45) is 5.73 Å². The third-order valence-corrected chi connectivity index (χ3v) is 3.00. The molecule has 0 aliphatic carbocycles. The van der Waals surface area contributed by atoms with Crippen molar-refractivity contribution in [3.8, 4) is 5.75 Å². The first-order valence-electron chi connectivity index (χ1n) is 6.11. The summed E-state index contributed by atoms with van der Waals surface area (Å²) in [7, 11) is 0. The topological polar surface area (TPSA) is 84.6 Å². The molecule has 2 atom stereocenters. The quantitative estimate of drug-likeness (QED) is 0.749. The lowest BCUT2D eigenvalue weighted by molar-refractivity contribution is -0.122. The summed E-state index contributed by atoms with van der Waals surface area (Å²) in [5.74, 6) is 0.466. The highest BCUT2D eigenvalue weighted by Crippen LogP contribution is 2.32. The summed E-state index contributed by atoms with van der Waals surface area (Å²) in [6.45, 7) is 2.25. The smallest absolute Gasteiger partial charge is 0.265 e. The summed E-state index contributed by atoms with van der Waals surface area (Å²) in [6.07, 6.45) is 0.333. The number of ether oxygens (including phenoxy) is 1. The highest BCUT2D eigenvalue weighted by atomic mass is 16.5. The molecule has 0 fully saturated rings. The number of aliphatic hydroxyl groups excluding tert-OH is 1. The fraction of sp³-hybridized carbons (Fsp3) is 0.462. The van der Waals surface area contributed by atoms with Gasteiger partial charge >= 0.3 is 0 Å². The molecule has 1 heterocycles. The second kappa shape index (κ2) is 5.37. The fourth-order valence-electron chi connectivity index (χ4n) is 1.91. The standard InChI is InChI=1S/C13H18N2O3/c1-8-13(17)15-10-7-9(4-5-12(10)18-8)11(16)3-2-6-14/h4-5,7-8,11,16H,2-3,6,14H2,1H3,(H,15,17). The van der Waals surface area contributed by atoms with Crippen LogP contribution in [0.2, 0.25) is 0 Å². The van der Waals surface area contributed by atoms with Crippen LogP contribution in [0.25, 0.3) is 0 Å². The van der Waals surface area contributed by atoms with Gasteiger partial charge in [0.1, 0.15) is 5.75 Å². The largest absolute Gasteiger partial charge is 0.479 e. The molecule has 2 rings (SSSR count). The highest BCUT2D eigenvalue weighted by molar-refractivity contribution is 5.97. The number of rotatable bonds is 4. The van der Waals surface area contributed by atoms with Gasteiger partial charge in [-0.05, 0) is 44.0 Å². The number of hydrogen-bond acceptors (Lipinski definition) is 4. The van der Waals surface area contributed by atoms with Crippen LogP contribution in [-0.2, 0) is 4.79 Å². The number of nitrogens with two attached hydrogens (primary N) is 1. The molecule has 0 radical (unpaired) electrons. The Hall–Kier alpha value is -1.59. The molecular weight excluding hydrogens is 232 g/mol. The van der Waals surface area contributed by atoms with Crippen LogP contribution in [0.3, 0.4) is 0 Å². The zero-order valence-corrected chi connectivity index (χ0v) is 10.3. The molecule has 98 valence electrons. The van der Waals surface area contributed by atoms with E-state index in [1.807, 2.05) is 6.07 Å². The van der Waals surface area contributed by atoms with Crippen LogP contribution in [0.5, 0.6) is 5.75 Å². The summed E-state index contributed by atoms with van der Waals surface area (Å²) in [6, 6.07) is 5.33. The van der Waals surface area contributed by atoms with Gasteiger partial charge in [0, 0.05) is 0 Å². The second-order valence-corrected chi connectivity index (χ2v) is 4.45. The predicted molar refractivity (Wildman–Crippen MR) is 68.4 cm³/mol. The Bertz CT molecular complexity index is 448. The van der Waals surface area contributed by atoms with E-state index in [2.05, 4.69) is 5.32 Å². The zero-order valence-electron chi connectivity index (χ0n) is 10.3. The lowest BCUT2D eigenvalue weighted by atomic mass is 10.0. The molecule has 1 aliphatic heterocycles. The number of nitrogens with one attached hydrogen (secondary N) is 1. The van der Waals surface area contributed by atoms with Gasteiger partial charge in [-0.1, -0.05) is 6.07 Å². The van der Waals surface area contributed by atoms with Crippen molar-refractivity contribution in [2.45, 2.75) is 32.0 Å². The summed E-state index contributed by atoms with van der Waals surface area (Å²) < 4.78 is 5.45. The van der Waals surface area contributed by atoms with Crippen LogP contribution in [0.1, 0.15) is 31.4 Å². The first kappa shape index (κ1) is 12.9. The van der Waals surface area contributed by atoms with Gasteiger partial charge in [0.05, 0.1) is 11.8 Å². The number of fused-ring (bicyclic) bond motifs is 1. The maximum absolute atomic E-state index is 11.5. The van der Waals surface area contributed by atoms with E-state index in [4.69, 9.17) is 10.5 Å². The minimum atomic E-state index is -0.560. The summed E-state index contributed by atoms with van der Waals surface area (Å²) >= 11 is 0. The number of aliphatic hydroxyl groups is 1.